The maximum Gasteiger partial charge on any atom is 0.329 e. The molecule has 156 valence electrons. The molecule has 0 radical (unpaired) electrons. The Bertz CT molecular complexity index is 809. The van der Waals surface area contributed by atoms with Crippen LogP contribution < -0.4 is 10.6 Å². The first-order valence-electron chi connectivity index (χ1n) is 9.33. The summed E-state index contributed by atoms with van der Waals surface area (Å²) >= 11 is 0. The maximum atomic E-state index is 13.8. The molecule has 2 N–H and O–H groups in total. The van der Waals surface area contributed by atoms with Gasteiger partial charge in [0.25, 0.3) is 11.8 Å². The lowest BCUT2D eigenvalue weighted by molar-refractivity contribution is -0.151. The fourth-order valence-electron chi connectivity index (χ4n) is 3.20. The summed E-state index contributed by atoms with van der Waals surface area (Å²) in [6.45, 7) is 2.58. The molecular weight excluding hydrogens is 384 g/mol. The van der Waals surface area contributed by atoms with E-state index in [2.05, 4.69) is 16.7 Å². The van der Waals surface area contributed by atoms with Crippen LogP contribution in [-0.4, -0.2) is 36.0 Å². The van der Waals surface area contributed by atoms with E-state index in [4.69, 9.17) is 4.74 Å². The van der Waals surface area contributed by atoms with Gasteiger partial charge in [0.05, 0.1) is 6.07 Å². The highest BCUT2D eigenvalue weighted by Crippen LogP contribution is 2.28. The molecule has 9 heteroatoms. The van der Waals surface area contributed by atoms with Crippen molar-refractivity contribution < 1.29 is 27.9 Å². The zero-order chi connectivity index (χ0) is 21.6. The molecule has 0 unspecified atom stereocenters. The molecular formula is C20H23F2N3O4. The van der Waals surface area contributed by atoms with Gasteiger partial charge >= 0.3 is 5.97 Å². The van der Waals surface area contributed by atoms with Crippen molar-refractivity contribution in [1.82, 2.24) is 10.6 Å². The average molecular weight is 407 g/mol. The molecule has 2 amide bonds. The van der Waals surface area contributed by atoms with Crippen LogP contribution in [0, 0.1) is 28.9 Å². The van der Waals surface area contributed by atoms with Gasteiger partial charge < -0.3 is 15.4 Å². The predicted molar refractivity (Wildman–Crippen MR) is 98.4 cm³/mol. The minimum absolute atomic E-state index is 0.468. The molecule has 7 nitrogen and oxygen atoms in total. The second-order valence-electron chi connectivity index (χ2n) is 7.35. The van der Waals surface area contributed by atoms with Crippen molar-refractivity contribution in [3.05, 3.63) is 35.4 Å². The van der Waals surface area contributed by atoms with E-state index in [1.807, 2.05) is 0 Å². The van der Waals surface area contributed by atoms with Crippen molar-refractivity contribution in [1.29, 1.82) is 5.26 Å². The fraction of sp³-hybridized carbons (Fsp3) is 0.500. The number of rotatable bonds is 7. The van der Waals surface area contributed by atoms with Gasteiger partial charge in [-0.3, -0.25) is 9.59 Å². The molecule has 1 aromatic rings. The Morgan fingerprint density at radius 3 is 2.31 bits per heavy atom. The van der Waals surface area contributed by atoms with Gasteiger partial charge in [0, 0.05) is 0 Å². The molecule has 1 aliphatic rings. The molecule has 1 aliphatic carbocycles. The summed E-state index contributed by atoms with van der Waals surface area (Å²) in [5.74, 6) is -5.24. The Balaban J connectivity index is 1.98. The van der Waals surface area contributed by atoms with E-state index >= 15 is 0 Å². The number of nitrogens with one attached hydrogen (secondary N) is 2. The van der Waals surface area contributed by atoms with Crippen molar-refractivity contribution in [2.24, 2.45) is 5.92 Å². The second kappa shape index (κ2) is 9.45. The largest absolute Gasteiger partial charge is 0.454 e. The van der Waals surface area contributed by atoms with E-state index in [1.54, 1.807) is 13.8 Å². The zero-order valence-corrected chi connectivity index (χ0v) is 16.3. The van der Waals surface area contributed by atoms with Gasteiger partial charge in [-0.05, 0) is 43.7 Å². The summed E-state index contributed by atoms with van der Waals surface area (Å²) in [5.41, 5.74) is -1.75. The summed E-state index contributed by atoms with van der Waals surface area (Å²) in [4.78, 5) is 36.7. The Morgan fingerprint density at radius 2 is 1.79 bits per heavy atom. The van der Waals surface area contributed by atoms with Crippen molar-refractivity contribution in [2.45, 2.75) is 51.1 Å². The first kappa shape index (κ1) is 22.3. The van der Waals surface area contributed by atoms with Crippen molar-refractivity contribution in [3.8, 4) is 6.07 Å². The summed E-state index contributed by atoms with van der Waals surface area (Å²) in [7, 11) is 0. The number of benzene rings is 1. The third-order valence-electron chi connectivity index (χ3n) is 4.79. The Hall–Kier alpha value is -3.02. The van der Waals surface area contributed by atoms with E-state index in [0.717, 1.165) is 31.0 Å². The highest BCUT2D eigenvalue weighted by atomic mass is 19.1. The van der Waals surface area contributed by atoms with Gasteiger partial charge in [0.15, 0.2) is 6.61 Å². The molecule has 1 aromatic carbocycles. The average Bonchev–Trinajstić information content (AvgIpc) is 3.12. The quantitative estimate of drug-likeness (QED) is 0.674. The lowest BCUT2D eigenvalue weighted by Gasteiger charge is -2.23. The first-order valence-corrected chi connectivity index (χ1v) is 9.33. The van der Waals surface area contributed by atoms with Crippen LogP contribution in [0.15, 0.2) is 18.2 Å². The standard InChI is InChI=1S/C20H23F2N3O4/c1-12(2)17(24-18(27)16-13(21)6-5-7-14(16)22)19(28)29-10-15(26)25-20(11-23)8-3-4-9-20/h5-7,12,17H,3-4,8-10H2,1-2H3,(H,24,27)(H,25,26)/t17-/m0/s1. The molecule has 1 saturated carbocycles. The first-order chi connectivity index (χ1) is 13.7. The summed E-state index contributed by atoms with van der Waals surface area (Å²) in [5, 5.41) is 14.1. The number of esters is 1. The van der Waals surface area contributed by atoms with Crippen molar-refractivity contribution in [2.75, 3.05) is 6.61 Å². The van der Waals surface area contributed by atoms with Gasteiger partial charge in [0.1, 0.15) is 28.8 Å². The van der Waals surface area contributed by atoms with Gasteiger partial charge in [0.2, 0.25) is 0 Å². The number of hydrogen-bond acceptors (Lipinski definition) is 5. The van der Waals surface area contributed by atoms with Crippen molar-refractivity contribution >= 4 is 17.8 Å². The van der Waals surface area contributed by atoms with E-state index in [0.29, 0.717) is 12.8 Å². The maximum absolute atomic E-state index is 13.8. The minimum atomic E-state index is -1.22. The van der Waals surface area contributed by atoms with Crippen LogP contribution in [0.1, 0.15) is 49.9 Å². The zero-order valence-electron chi connectivity index (χ0n) is 16.3. The van der Waals surface area contributed by atoms with E-state index in [1.165, 1.54) is 0 Å². The molecule has 0 aromatic heterocycles. The number of carbonyl (C=O) groups excluding carboxylic acids is 3. The molecule has 2 rings (SSSR count). The minimum Gasteiger partial charge on any atom is -0.454 e. The molecule has 0 spiro atoms. The third-order valence-corrected chi connectivity index (χ3v) is 4.79. The topological polar surface area (TPSA) is 108 Å². The smallest absolute Gasteiger partial charge is 0.329 e. The van der Waals surface area contributed by atoms with Gasteiger partial charge in [-0.15, -0.1) is 0 Å². The summed E-state index contributed by atoms with van der Waals surface area (Å²) < 4.78 is 32.5. The van der Waals surface area contributed by atoms with E-state index in [-0.39, 0.29) is 0 Å². The highest BCUT2D eigenvalue weighted by Gasteiger charge is 2.36. The van der Waals surface area contributed by atoms with E-state index in [9.17, 15) is 28.4 Å². The van der Waals surface area contributed by atoms with E-state index < -0.39 is 59.1 Å². The fourth-order valence-corrected chi connectivity index (χ4v) is 3.20. The Labute approximate surface area is 167 Å². The Kier molecular flexibility index (Phi) is 7.26. The number of ether oxygens (including phenoxy) is 1. The number of carbonyl (C=O) groups is 3. The van der Waals surface area contributed by atoms with Crippen LogP contribution in [0.5, 0.6) is 0 Å². The predicted octanol–water partition coefficient (Wildman–Crippen LogP) is 2.21. The molecule has 1 atom stereocenters. The molecule has 0 aliphatic heterocycles. The van der Waals surface area contributed by atoms with Crippen LogP contribution >= 0.6 is 0 Å². The number of hydrogen-bond donors (Lipinski definition) is 2. The van der Waals surface area contributed by atoms with Crippen LogP contribution in [-0.2, 0) is 14.3 Å². The molecule has 0 saturated heterocycles. The van der Waals surface area contributed by atoms with Crippen LogP contribution in [0.25, 0.3) is 0 Å². The van der Waals surface area contributed by atoms with Crippen LogP contribution in [0.3, 0.4) is 0 Å². The number of amides is 2. The summed E-state index contributed by atoms with van der Waals surface area (Å²) in [6, 6.07) is 3.85. The van der Waals surface area contributed by atoms with Crippen LogP contribution in [0.4, 0.5) is 8.78 Å². The molecule has 29 heavy (non-hydrogen) atoms. The Morgan fingerprint density at radius 1 is 1.21 bits per heavy atom. The second-order valence-corrected chi connectivity index (χ2v) is 7.35. The molecule has 0 heterocycles. The van der Waals surface area contributed by atoms with Gasteiger partial charge in [-0.25, -0.2) is 13.6 Å². The van der Waals surface area contributed by atoms with Crippen molar-refractivity contribution in [3.63, 3.8) is 0 Å². The van der Waals surface area contributed by atoms with Gasteiger partial charge in [-0.1, -0.05) is 19.9 Å². The normalized spacial score (nSPS) is 16.0. The number of halogens is 2. The SMILES string of the molecule is CC(C)[C@H](NC(=O)c1c(F)cccc1F)C(=O)OCC(=O)NC1(C#N)CCCC1. The number of nitrogens with zero attached hydrogens (tertiary/aromatic N) is 1. The molecule has 0 bridgehead atoms. The summed E-state index contributed by atoms with van der Waals surface area (Å²) in [6.07, 6.45) is 2.70. The lowest BCUT2D eigenvalue weighted by atomic mass is 10.00. The van der Waals surface area contributed by atoms with Crippen LogP contribution in [0.2, 0.25) is 0 Å². The third kappa shape index (κ3) is 5.50. The highest BCUT2D eigenvalue weighted by molar-refractivity contribution is 5.97. The monoisotopic (exact) mass is 407 g/mol. The lowest BCUT2D eigenvalue weighted by Crippen LogP contribution is -2.49. The molecule has 1 fully saturated rings. The number of nitriles is 1. The van der Waals surface area contributed by atoms with Gasteiger partial charge in [-0.2, -0.15) is 5.26 Å².